The van der Waals surface area contributed by atoms with Crippen molar-refractivity contribution in [3.05, 3.63) is 0 Å². The molecule has 0 saturated heterocycles. The molecular weight excluding hydrogens is 141 g/mol. The van der Waals surface area contributed by atoms with Gasteiger partial charge in [-0.25, -0.2) is 4.79 Å². The molecule has 0 aliphatic carbocycles. The molecule has 1 amide bonds. The van der Waals surface area contributed by atoms with E-state index in [1.165, 1.54) is 0 Å². The molecular formula is C4H10NO3P. The van der Waals surface area contributed by atoms with Crippen LogP contribution in [0.15, 0.2) is 0 Å². The van der Waals surface area contributed by atoms with Gasteiger partial charge in [-0.2, -0.15) is 0 Å². The molecule has 2 atom stereocenters. The number of carboxylic acid groups (broad SMARTS) is 1. The maximum atomic E-state index is 10.2. The van der Waals surface area contributed by atoms with E-state index in [1.807, 2.05) is 0 Å². The molecule has 0 fully saturated rings. The average molecular weight is 151 g/mol. The Morgan fingerprint density at radius 3 is 2.56 bits per heavy atom. The van der Waals surface area contributed by atoms with Crippen LogP contribution in [0.5, 0.6) is 0 Å². The second-order valence-corrected chi connectivity index (χ2v) is 2.68. The molecule has 9 heavy (non-hydrogen) atoms. The van der Waals surface area contributed by atoms with Gasteiger partial charge >= 0.3 is 6.09 Å². The number of rotatable bonds is 3. The summed E-state index contributed by atoms with van der Waals surface area (Å²) in [6.45, 7) is 1.78. The van der Waals surface area contributed by atoms with Crippen LogP contribution in [0.3, 0.4) is 0 Å². The van der Waals surface area contributed by atoms with E-state index in [4.69, 9.17) is 5.11 Å². The predicted molar refractivity (Wildman–Crippen MR) is 35.6 cm³/mol. The fourth-order valence-corrected chi connectivity index (χ4v) is 0.794. The molecule has 0 aliphatic heterocycles. The molecule has 0 aliphatic rings. The van der Waals surface area contributed by atoms with Crippen LogP contribution >= 0.6 is 8.46 Å². The van der Waals surface area contributed by atoms with Gasteiger partial charge in [-0.15, -0.1) is 0 Å². The third-order valence-corrected chi connectivity index (χ3v) is 1.88. The number of hydrogen-bond acceptors (Lipinski definition) is 2. The minimum atomic E-state index is -1.11. The van der Waals surface area contributed by atoms with Crippen molar-refractivity contribution in [2.24, 2.45) is 0 Å². The van der Waals surface area contributed by atoms with E-state index in [9.17, 15) is 9.36 Å². The highest BCUT2D eigenvalue weighted by Gasteiger charge is 2.04. The zero-order valence-electron chi connectivity index (χ0n) is 5.13. The van der Waals surface area contributed by atoms with Crippen LogP contribution in [0.2, 0.25) is 0 Å². The monoisotopic (exact) mass is 151 g/mol. The summed E-state index contributed by atoms with van der Waals surface area (Å²) < 4.78 is 10.2. The average Bonchev–Trinajstić information content (AvgIpc) is 1.82. The van der Waals surface area contributed by atoms with E-state index >= 15 is 0 Å². The van der Waals surface area contributed by atoms with Crippen LogP contribution in [0.25, 0.3) is 0 Å². The van der Waals surface area contributed by atoms with E-state index < -0.39 is 14.6 Å². The van der Waals surface area contributed by atoms with Gasteiger partial charge in [0.05, 0.1) is 14.2 Å². The number of nitrogens with one attached hydrogen (secondary N) is 1. The zero-order valence-corrected chi connectivity index (χ0v) is 6.28. The maximum Gasteiger partial charge on any atom is 0.405 e. The zero-order chi connectivity index (χ0) is 7.28. The summed E-state index contributed by atoms with van der Waals surface area (Å²) in [7, 11) is -1.03. The van der Waals surface area contributed by atoms with Crippen molar-refractivity contribution < 1.29 is 14.5 Å². The van der Waals surface area contributed by atoms with Gasteiger partial charge in [0.2, 0.25) is 0 Å². The van der Waals surface area contributed by atoms with Crippen molar-refractivity contribution in [2.75, 3.05) is 0 Å². The third kappa shape index (κ3) is 4.03. The van der Waals surface area contributed by atoms with Crippen molar-refractivity contribution in [3.63, 3.8) is 0 Å². The summed E-state index contributed by atoms with van der Waals surface area (Å²) in [5.74, 6) is -0.345. The molecule has 5 heteroatoms. The Labute approximate surface area is 54.5 Å². The predicted octanol–water partition coefficient (Wildman–Crippen LogP) is 0.746. The van der Waals surface area contributed by atoms with Crippen LogP contribution in [0.1, 0.15) is 13.3 Å². The quantitative estimate of drug-likeness (QED) is 0.585. The minimum absolute atomic E-state index is 0.345. The van der Waals surface area contributed by atoms with Crippen molar-refractivity contribution in [2.45, 2.75) is 19.1 Å². The fraction of sp³-hybridized carbons (Fsp3) is 0.750. The van der Waals surface area contributed by atoms with Gasteiger partial charge < -0.3 is 15.0 Å². The van der Waals surface area contributed by atoms with E-state index in [0.717, 1.165) is 0 Å². The van der Waals surface area contributed by atoms with E-state index in [2.05, 4.69) is 5.32 Å². The Bertz CT molecular complexity index is 116. The van der Waals surface area contributed by atoms with Crippen molar-refractivity contribution in [1.82, 2.24) is 5.32 Å². The number of hydrogen-bond donors (Lipinski definition) is 2. The summed E-state index contributed by atoms with van der Waals surface area (Å²) in [5.41, 5.74) is 0. The summed E-state index contributed by atoms with van der Waals surface area (Å²) in [6.07, 6.45) is -0.518. The summed E-state index contributed by atoms with van der Waals surface area (Å²) in [5, 5.41) is 10.2. The first-order chi connectivity index (χ1) is 4.20. The van der Waals surface area contributed by atoms with E-state index in [-0.39, 0.29) is 5.78 Å². The lowest BCUT2D eigenvalue weighted by atomic mass is 10.5. The van der Waals surface area contributed by atoms with Gasteiger partial charge in [-0.3, -0.25) is 0 Å². The van der Waals surface area contributed by atoms with Gasteiger partial charge in [0, 0.05) is 0 Å². The van der Waals surface area contributed by atoms with Gasteiger partial charge in [0.15, 0.2) is 0 Å². The first-order valence-corrected chi connectivity index (χ1v) is 3.79. The first kappa shape index (κ1) is 8.50. The van der Waals surface area contributed by atoms with Crippen molar-refractivity contribution >= 4 is 14.6 Å². The van der Waals surface area contributed by atoms with E-state index in [0.29, 0.717) is 6.42 Å². The molecule has 0 rings (SSSR count). The third-order valence-electron chi connectivity index (χ3n) is 0.913. The van der Waals surface area contributed by atoms with Crippen LogP contribution in [0, 0.1) is 0 Å². The highest BCUT2D eigenvalue weighted by molar-refractivity contribution is 7.24. The minimum Gasteiger partial charge on any atom is -0.465 e. The normalized spacial score (nSPS) is 13.9. The first-order valence-electron chi connectivity index (χ1n) is 2.65. The highest BCUT2D eigenvalue weighted by atomic mass is 31.1. The second kappa shape index (κ2) is 4.39. The Morgan fingerprint density at radius 2 is 2.44 bits per heavy atom. The molecule has 0 aromatic heterocycles. The topological polar surface area (TPSA) is 66.4 Å². The molecule has 0 aromatic rings. The standard InChI is InChI=1S/C4H10NO3P/c1-2-3(9-8)5-4(6)7/h3,5H,2,9H2,1H3,(H,6,7). The Kier molecular flexibility index (Phi) is 4.14. The summed E-state index contributed by atoms with van der Waals surface area (Å²) in [6, 6.07) is 0. The van der Waals surface area contributed by atoms with E-state index in [1.54, 1.807) is 6.92 Å². The molecule has 0 spiro atoms. The molecule has 2 N–H and O–H groups in total. The van der Waals surface area contributed by atoms with Crippen molar-refractivity contribution in [1.29, 1.82) is 0 Å². The molecule has 0 aromatic carbocycles. The molecule has 0 heterocycles. The molecule has 2 unspecified atom stereocenters. The largest absolute Gasteiger partial charge is 0.465 e. The Balaban J connectivity index is 3.55. The molecule has 4 nitrogen and oxygen atoms in total. The molecule has 0 bridgehead atoms. The lowest BCUT2D eigenvalue weighted by molar-refractivity contribution is 0.193. The van der Waals surface area contributed by atoms with Gasteiger partial charge in [0.25, 0.3) is 0 Å². The lowest BCUT2D eigenvalue weighted by Crippen LogP contribution is -2.28. The molecule has 0 radical (unpaired) electrons. The van der Waals surface area contributed by atoms with Crippen LogP contribution in [-0.2, 0) is 4.57 Å². The Morgan fingerprint density at radius 1 is 1.89 bits per heavy atom. The second-order valence-electron chi connectivity index (χ2n) is 1.60. The smallest absolute Gasteiger partial charge is 0.405 e. The van der Waals surface area contributed by atoms with Crippen LogP contribution in [-0.4, -0.2) is 17.0 Å². The van der Waals surface area contributed by atoms with Gasteiger partial charge in [0.1, 0.15) is 0 Å². The van der Waals surface area contributed by atoms with Crippen LogP contribution in [0.4, 0.5) is 4.79 Å². The fourth-order valence-electron chi connectivity index (χ4n) is 0.391. The van der Waals surface area contributed by atoms with Gasteiger partial charge in [-0.05, 0) is 6.42 Å². The Hall–Kier alpha value is -0.500. The number of carbonyl (C=O) groups is 1. The van der Waals surface area contributed by atoms with Crippen LogP contribution < -0.4 is 5.32 Å². The van der Waals surface area contributed by atoms with Gasteiger partial charge in [-0.1, -0.05) is 6.92 Å². The van der Waals surface area contributed by atoms with Crippen molar-refractivity contribution in [3.8, 4) is 0 Å². The number of amides is 1. The SMILES string of the molecule is CCC(NC(=O)O)[PH2]=O. The molecule has 54 valence electrons. The lowest BCUT2D eigenvalue weighted by Gasteiger charge is -2.04. The highest BCUT2D eigenvalue weighted by Crippen LogP contribution is 2.05. The summed E-state index contributed by atoms with van der Waals surface area (Å²) >= 11 is 0. The molecule has 0 saturated carbocycles. The maximum absolute atomic E-state index is 10.2. The summed E-state index contributed by atoms with van der Waals surface area (Å²) in [4.78, 5) is 9.89.